The van der Waals surface area contributed by atoms with Gasteiger partial charge in [0, 0.05) is 34.6 Å². The third-order valence-corrected chi connectivity index (χ3v) is 5.36. The van der Waals surface area contributed by atoms with Gasteiger partial charge >= 0.3 is 0 Å². The summed E-state index contributed by atoms with van der Waals surface area (Å²) in [6.45, 7) is 2.99. The van der Waals surface area contributed by atoms with Crippen molar-refractivity contribution in [1.29, 1.82) is 0 Å². The van der Waals surface area contributed by atoms with Gasteiger partial charge in [0.1, 0.15) is 5.75 Å². The molecule has 4 aromatic rings. The predicted octanol–water partition coefficient (Wildman–Crippen LogP) is 7.33. The normalized spacial score (nSPS) is 11.1. The summed E-state index contributed by atoms with van der Waals surface area (Å²) < 4.78 is 6.11. The Balaban J connectivity index is 1.74. The predicted molar refractivity (Wildman–Crippen MR) is 121 cm³/mol. The number of anilines is 2. The van der Waals surface area contributed by atoms with Crippen LogP contribution in [0, 0.1) is 0 Å². The third-order valence-electron chi connectivity index (χ3n) is 5.36. The molecule has 0 bridgehead atoms. The van der Waals surface area contributed by atoms with E-state index in [0.29, 0.717) is 0 Å². The molecule has 0 fully saturated rings. The minimum atomic E-state index is 0.774. The molecule has 0 spiro atoms. The van der Waals surface area contributed by atoms with Crippen molar-refractivity contribution >= 4 is 32.9 Å². The molecule has 0 amide bonds. The van der Waals surface area contributed by atoms with E-state index in [1.165, 1.54) is 45.8 Å². The summed E-state index contributed by atoms with van der Waals surface area (Å²) in [5.74, 6) is 0.974. The summed E-state index contributed by atoms with van der Waals surface area (Å²) in [5.41, 5.74) is 2.40. The second kappa shape index (κ2) is 8.35. The molecule has 0 N–H and O–H groups in total. The number of hydrogen-bond donors (Lipinski definition) is 0. The Bertz CT molecular complexity index is 1080. The van der Waals surface area contributed by atoms with E-state index >= 15 is 0 Å². The van der Waals surface area contributed by atoms with Crippen LogP contribution >= 0.6 is 0 Å². The van der Waals surface area contributed by atoms with Crippen molar-refractivity contribution in [3.63, 3.8) is 0 Å². The lowest BCUT2D eigenvalue weighted by Gasteiger charge is -2.24. The lowest BCUT2D eigenvalue weighted by molar-refractivity contribution is 0.310. The van der Waals surface area contributed by atoms with E-state index in [4.69, 9.17) is 4.74 Å². The molecule has 0 saturated carbocycles. The SMILES string of the molecule is CCCCCOc1ccc(N(C)c2cccc3ccccc23)c2ccccc12. The Morgan fingerprint density at radius 2 is 1.36 bits per heavy atom. The molecular weight excluding hydrogens is 342 g/mol. The van der Waals surface area contributed by atoms with Gasteiger partial charge in [0.05, 0.1) is 6.61 Å². The monoisotopic (exact) mass is 369 g/mol. The largest absolute Gasteiger partial charge is 0.493 e. The number of benzene rings is 4. The van der Waals surface area contributed by atoms with Crippen LogP contribution in [0.15, 0.2) is 78.9 Å². The van der Waals surface area contributed by atoms with E-state index in [0.717, 1.165) is 18.8 Å². The smallest absolute Gasteiger partial charge is 0.127 e. The first-order valence-corrected chi connectivity index (χ1v) is 10.2. The van der Waals surface area contributed by atoms with Crippen LogP contribution in [-0.2, 0) is 0 Å². The molecule has 0 heterocycles. The average molecular weight is 370 g/mol. The highest BCUT2D eigenvalue weighted by atomic mass is 16.5. The molecule has 0 unspecified atom stereocenters. The molecule has 0 aromatic heterocycles. The fraction of sp³-hybridized carbons (Fsp3) is 0.231. The van der Waals surface area contributed by atoms with Gasteiger partial charge in [-0.1, -0.05) is 80.4 Å². The van der Waals surface area contributed by atoms with Crippen molar-refractivity contribution in [2.45, 2.75) is 26.2 Å². The summed E-state index contributed by atoms with van der Waals surface area (Å²) >= 11 is 0. The molecule has 0 aliphatic rings. The average Bonchev–Trinajstić information content (AvgIpc) is 2.76. The Labute approximate surface area is 167 Å². The Hall–Kier alpha value is -3.00. The zero-order valence-corrected chi connectivity index (χ0v) is 16.7. The van der Waals surface area contributed by atoms with E-state index in [-0.39, 0.29) is 0 Å². The number of fused-ring (bicyclic) bond motifs is 2. The second-order valence-corrected chi connectivity index (χ2v) is 7.24. The van der Waals surface area contributed by atoms with E-state index in [2.05, 4.69) is 97.7 Å². The first kappa shape index (κ1) is 18.4. The van der Waals surface area contributed by atoms with Crippen molar-refractivity contribution in [1.82, 2.24) is 0 Å². The number of ether oxygens (including phenoxy) is 1. The van der Waals surface area contributed by atoms with E-state index in [1.807, 2.05) is 0 Å². The number of hydrogen-bond acceptors (Lipinski definition) is 2. The highest BCUT2D eigenvalue weighted by molar-refractivity contribution is 6.03. The molecular formula is C26H27NO. The molecule has 0 aliphatic heterocycles. The van der Waals surface area contributed by atoms with Gasteiger partial charge in [-0.3, -0.25) is 0 Å². The lowest BCUT2D eigenvalue weighted by atomic mass is 10.0. The van der Waals surface area contributed by atoms with Crippen LogP contribution in [0.3, 0.4) is 0 Å². The van der Waals surface area contributed by atoms with Crippen LogP contribution in [0.5, 0.6) is 5.75 Å². The van der Waals surface area contributed by atoms with Crippen molar-refractivity contribution in [2.24, 2.45) is 0 Å². The maximum atomic E-state index is 6.11. The minimum Gasteiger partial charge on any atom is -0.493 e. The van der Waals surface area contributed by atoms with Crippen molar-refractivity contribution in [2.75, 3.05) is 18.6 Å². The second-order valence-electron chi connectivity index (χ2n) is 7.24. The number of nitrogens with zero attached hydrogens (tertiary/aromatic N) is 1. The van der Waals surface area contributed by atoms with Gasteiger partial charge < -0.3 is 9.64 Å². The van der Waals surface area contributed by atoms with E-state index in [1.54, 1.807) is 0 Å². The van der Waals surface area contributed by atoms with Crippen molar-refractivity contribution in [3.8, 4) is 5.75 Å². The summed E-state index contributed by atoms with van der Waals surface area (Å²) in [4.78, 5) is 2.28. The highest BCUT2D eigenvalue weighted by Gasteiger charge is 2.13. The van der Waals surface area contributed by atoms with Gasteiger partial charge in [0.2, 0.25) is 0 Å². The molecule has 2 heteroatoms. The van der Waals surface area contributed by atoms with Gasteiger partial charge in [0.25, 0.3) is 0 Å². The molecule has 4 aromatic carbocycles. The minimum absolute atomic E-state index is 0.774. The van der Waals surface area contributed by atoms with Crippen LogP contribution in [0.1, 0.15) is 26.2 Å². The van der Waals surface area contributed by atoms with Crippen LogP contribution in [0.25, 0.3) is 21.5 Å². The van der Waals surface area contributed by atoms with Crippen LogP contribution in [0.2, 0.25) is 0 Å². The van der Waals surface area contributed by atoms with Gasteiger partial charge in [-0.05, 0) is 30.0 Å². The fourth-order valence-corrected chi connectivity index (χ4v) is 3.84. The zero-order valence-electron chi connectivity index (χ0n) is 16.7. The molecule has 0 atom stereocenters. The zero-order chi connectivity index (χ0) is 19.3. The van der Waals surface area contributed by atoms with Crippen LogP contribution in [-0.4, -0.2) is 13.7 Å². The quantitative estimate of drug-likeness (QED) is 0.316. The summed E-state index contributed by atoms with van der Waals surface area (Å²) in [5, 5.41) is 4.90. The first-order valence-electron chi connectivity index (χ1n) is 10.2. The summed E-state index contributed by atoms with van der Waals surface area (Å²) in [7, 11) is 2.14. The molecule has 0 aliphatic carbocycles. The third kappa shape index (κ3) is 3.55. The molecule has 2 nitrogen and oxygen atoms in total. The Morgan fingerprint density at radius 1 is 0.679 bits per heavy atom. The lowest BCUT2D eigenvalue weighted by Crippen LogP contribution is -2.10. The maximum Gasteiger partial charge on any atom is 0.127 e. The van der Waals surface area contributed by atoms with Crippen molar-refractivity contribution in [3.05, 3.63) is 78.9 Å². The molecule has 28 heavy (non-hydrogen) atoms. The summed E-state index contributed by atoms with van der Waals surface area (Å²) in [6.07, 6.45) is 3.52. The fourth-order valence-electron chi connectivity index (χ4n) is 3.84. The molecule has 0 saturated heterocycles. The number of unbranched alkanes of at least 4 members (excludes halogenated alkanes) is 2. The van der Waals surface area contributed by atoms with E-state index < -0.39 is 0 Å². The highest BCUT2D eigenvalue weighted by Crippen LogP contribution is 2.38. The van der Waals surface area contributed by atoms with Crippen LogP contribution in [0.4, 0.5) is 11.4 Å². The molecule has 4 rings (SSSR count). The van der Waals surface area contributed by atoms with Gasteiger partial charge in [-0.15, -0.1) is 0 Å². The summed E-state index contributed by atoms with van der Waals surface area (Å²) in [6, 6.07) is 27.9. The van der Waals surface area contributed by atoms with Gasteiger partial charge in [0.15, 0.2) is 0 Å². The van der Waals surface area contributed by atoms with Crippen molar-refractivity contribution < 1.29 is 4.74 Å². The Kier molecular flexibility index (Phi) is 5.48. The van der Waals surface area contributed by atoms with Gasteiger partial charge in [-0.25, -0.2) is 0 Å². The van der Waals surface area contributed by atoms with E-state index in [9.17, 15) is 0 Å². The molecule has 142 valence electrons. The van der Waals surface area contributed by atoms with Crippen LogP contribution < -0.4 is 9.64 Å². The topological polar surface area (TPSA) is 12.5 Å². The first-order chi connectivity index (χ1) is 13.8. The standard InChI is InChI=1S/C26H27NO/c1-3-4-9-19-28-26-18-17-25(22-14-7-8-15-23(22)26)27(2)24-16-10-12-20-11-5-6-13-21(20)24/h5-8,10-18H,3-4,9,19H2,1-2H3. The van der Waals surface area contributed by atoms with Gasteiger partial charge in [-0.2, -0.15) is 0 Å². The molecule has 0 radical (unpaired) electrons. The Morgan fingerprint density at radius 3 is 2.18 bits per heavy atom. The number of rotatable bonds is 7. The maximum absolute atomic E-state index is 6.11.